The zero-order valence-electron chi connectivity index (χ0n) is 39.3. The first-order chi connectivity index (χ1) is 33.7. The average Bonchev–Trinajstić information content (AvgIpc) is 4.16. The van der Waals surface area contributed by atoms with Gasteiger partial charge in [0.25, 0.3) is 5.56 Å². The number of aromatic nitrogens is 4. The van der Waals surface area contributed by atoms with E-state index in [4.69, 9.17) is 37.9 Å². The van der Waals surface area contributed by atoms with Crippen LogP contribution in [-0.2, 0) is 29.1 Å². The molecule has 1 N–H and O–H groups in total. The molecule has 4 aromatic carbocycles. The van der Waals surface area contributed by atoms with Crippen molar-refractivity contribution in [1.82, 2.24) is 29.1 Å². The summed E-state index contributed by atoms with van der Waals surface area (Å²) in [5, 5.41) is 0.0321. The lowest BCUT2D eigenvalue weighted by Crippen LogP contribution is -2.41. The van der Waals surface area contributed by atoms with E-state index in [0.717, 1.165) is 42.6 Å². The Morgan fingerprint density at radius 3 is 2.13 bits per heavy atom. The SMILES string of the molecule is COCCOC1[C@@H](OP(SCCSC(=O)c2ccccc2)N2CCCC2)[C@@H](COC(c2ccccc2)(c2ccc(OC)cc2)c2ccc(OC)cc2)O[C@H]1n1cnc2c(=O)[nH]c(/N=C/N(C)C)nc21. The van der Waals surface area contributed by atoms with Crippen LogP contribution in [0.5, 0.6) is 11.5 Å². The highest BCUT2D eigenvalue weighted by atomic mass is 32.7. The quantitative estimate of drug-likeness (QED) is 0.0214. The Hall–Kier alpha value is -5.14. The van der Waals surface area contributed by atoms with Gasteiger partial charge in [-0.25, -0.2) is 9.98 Å². The number of H-pyrrole nitrogens is 1. The number of imidazole rings is 1. The average molecular weight is 996 g/mol. The number of methoxy groups -OCH3 is 3. The molecule has 0 amide bonds. The maximum atomic E-state index is 13.5. The number of aliphatic imine (C=N–C) groups is 1. The summed E-state index contributed by atoms with van der Waals surface area (Å²) in [7, 11) is 7.25. The fourth-order valence-electron chi connectivity index (χ4n) is 8.31. The van der Waals surface area contributed by atoms with Crippen LogP contribution >= 0.6 is 30.6 Å². The lowest BCUT2D eigenvalue weighted by atomic mass is 9.80. The fourth-order valence-corrected chi connectivity index (χ4v) is 13.6. The number of nitrogens with one attached hydrogen (secondary N) is 1. The van der Waals surface area contributed by atoms with Crippen LogP contribution in [0.2, 0.25) is 0 Å². The smallest absolute Gasteiger partial charge is 0.280 e. The van der Waals surface area contributed by atoms with E-state index >= 15 is 0 Å². The van der Waals surface area contributed by atoms with Crippen molar-refractivity contribution in [3.05, 3.63) is 148 Å². The molecule has 2 saturated heterocycles. The van der Waals surface area contributed by atoms with Crippen LogP contribution in [-0.4, -0.2) is 139 Å². The van der Waals surface area contributed by atoms with Gasteiger partial charge in [-0.2, -0.15) is 4.98 Å². The van der Waals surface area contributed by atoms with E-state index in [2.05, 4.69) is 31.8 Å². The van der Waals surface area contributed by atoms with Gasteiger partial charge >= 0.3 is 0 Å². The van der Waals surface area contributed by atoms with E-state index in [9.17, 15) is 9.59 Å². The Balaban J connectivity index is 1.21. The molecule has 0 aliphatic carbocycles. The first-order valence-corrected chi connectivity index (χ1v) is 26.5. The molecule has 6 aromatic rings. The molecule has 16 nitrogen and oxygen atoms in total. The van der Waals surface area contributed by atoms with Crippen molar-refractivity contribution in [3.8, 4) is 11.5 Å². The van der Waals surface area contributed by atoms with Crippen LogP contribution in [0.1, 0.15) is 46.1 Å². The van der Waals surface area contributed by atoms with Crippen molar-refractivity contribution in [2.24, 2.45) is 4.99 Å². The second kappa shape index (κ2) is 24.1. The van der Waals surface area contributed by atoms with E-state index in [1.54, 1.807) is 54.8 Å². The number of ether oxygens (including phenoxy) is 6. The van der Waals surface area contributed by atoms with Crippen molar-refractivity contribution in [1.29, 1.82) is 0 Å². The van der Waals surface area contributed by atoms with Crippen molar-refractivity contribution in [3.63, 3.8) is 0 Å². The molecule has 364 valence electrons. The fraction of sp³-hybridized carbons (Fsp3) is 0.380. The highest BCUT2D eigenvalue weighted by Gasteiger charge is 2.51. The van der Waals surface area contributed by atoms with Crippen molar-refractivity contribution in [2.45, 2.75) is 43.0 Å². The Bertz CT molecular complexity index is 2610. The van der Waals surface area contributed by atoms with E-state index in [1.165, 1.54) is 11.8 Å². The molecular weight excluding hydrogens is 938 g/mol. The number of thioether (sulfide) groups is 1. The van der Waals surface area contributed by atoms with Gasteiger partial charge in [0, 0.05) is 51.4 Å². The number of carbonyl (C=O) groups is 1. The Morgan fingerprint density at radius 1 is 0.870 bits per heavy atom. The number of nitrogens with zero attached hydrogens (tertiary/aromatic N) is 6. The van der Waals surface area contributed by atoms with Crippen molar-refractivity contribution in [2.75, 3.05) is 79.8 Å². The summed E-state index contributed by atoms with van der Waals surface area (Å²) in [6.45, 7) is 2.27. The molecule has 8 rings (SSSR count). The maximum absolute atomic E-state index is 13.5. The molecule has 0 spiro atoms. The van der Waals surface area contributed by atoms with E-state index < -0.39 is 43.2 Å². The summed E-state index contributed by atoms with van der Waals surface area (Å²) in [5.41, 5.74) is 2.03. The van der Waals surface area contributed by atoms with Gasteiger partial charge in [-0.15, -0.1) is 0 Å². The summed E-state index contributed by atoms with van der Waals surface area (Å²) in [5.74, 6) is 2.78. The van der Waals surface area contributed by atoms with Gasteiger partial charge in [0.05, 0.1) is 46.7 Å². The molecule has 69 heavy (non-hydrogen) atoms. The van der Waals surface area contributed by atoms with Gasteiger partial charge in [0.1, 0.15) is 35.4 Å². The molecule has 2 unspecified atom stereocenters. The summed E-state index contributed by atoms with van der Waals surface area (Å²) >= 11 is 3.01. The molecule has 2 aromatic heterocycles. The van der Waals surface area contributed by atoms with Gasteiger partial charge < -0.3 is 37.8 Å². The van der Waals surface area contributed by atoms with Gasteiger partial charge in [-0.1, -0.05) is 108 Å². The van der Waals surface area contributed by atoms with E-state index in [-0.39, 0.29) is 35.4 Å². The highest BCUT2D eigenvalue weighted by molar-refractivity contribution is 8.53. The second-order valence-electron chi connectivity index (χ2n) is 16.4. The molecule has 2 aliphatic rings. The Labute approximate surface area is 411 Å². The van der Waals surface area contributed by atoms with Crippen LogP contribution in [0, 0.1) is 0 Å². The monoisotopic (exact) mass is 995 g/mol. The third-order valence-corrected chi connectivity index (χ3v) is 16.9. The number of hydrogen-bond acceptors (Lipinski definition) is 15. The normalized spacial score (nSPS) is 19.1. The molecule has 0 saturated carbocycles. The zero-order chi connectivity index (χ0) is 48.2. The van der Waals surface area contributed by atoms with E-state index in [1.807, 2.05) is 111 Å². The minimum Gasteiger partial charge on any atom is -0.497 e. The number of carbonyl (C=O) groups excluding carboxylic acids is 1. The van der Waals surface area contributed by atoms with Crippen LogP contribution in [0.3, 0.4) is 0 Å². The van der Waals surface area contributed by atoms with Crippen molar-refractivity contribution >= 4 is 59.2 Å². The highest BCUT2D eigenvalue weighted by Crippen LogP contribution is 2.58. The predicted octanol–water partition coefficient (Wildman–Crippen LogP) is 8.31. The van der Waals surface area contributed by atoms with Crippen LogP contribution in [0.4, 0.5) is 5.95 Å². The molecule has 0 bridgehead atoms. The minimum absolute atomic E-state index is 0.0204. The first kappa shape index (κ1) is 50.3. The van der Waals surface area contributed by atoms with Crippen LogP contribution < -0.4 is 15.0 Å². The Kier molecular flexibility index (Phi) is 17.6. The van der Waals surface area contributed by atoms with Gasteiger partial charge in [-0.05, 0) is 53.8 Å². The number of aromatic amines is 1. The van der Waals surface area contributed by atoms with Gasteiger partial charge in [-0.3, -0.25) is 23.8 Å². The number of fused-ring (bicyclic) bond motifs is 1. The number of benzene rings is 4. The molecule has 0 radical (unpaired) electrons. The third kappa shape index (κ3) is 11.9. The summed E-state index contributed by atoms with van der Waals surface area (Å²) < 4.78 is 49.8. The number of hydrogen-bond donors (Lipinski definition) is 1. The largest absolute Gasteiger partial charge is 0.497 e. The molecule has 2 aliphatic heterocycles. The second-order valence-corrected chi connectivity index (χ2v) is 21.1. The number of rotatable bonds is 23. The van der Waals surface area contributed by atoms with Crippen LogP contribution in [0.15, 0.2) is 125 Å². The zero-order valence-corrected chi connectivity index (χ0v) is 41.9. The van der Waals surface area contributed by atoms with Gasteiger partial charge in [0.2, 0.25) is 11.1 Å². The maximum Gasteiger partial charge on any atom is 0.280 e. The van der Waals surface area contributed by atoms with Gasteiger partial charge in [0.15, 0.2) is 24.9 Å². The molecule has 2 fully saturated rings. The summed E-state index contributed by atoms with van der Waals surface area (Å²) in [6, 6.07) is 35.2. The summed E-state index contributed by atoms with van der Waals surface area (Å²) in [6.07, 6.45) is 2.05. The van der Waals surface area contributed by atoms with Crippen molar-refractivity contribution < 1.29 is 37.7 Å². The third-order valence-electron chi connectivity index (χ3n) is 11.7. The minimum atomic E-state index is -1.31. The summed E-state index contributed by atoms with van der Waals surface area (Å²) in [4.78, 5) is 44.8. The van der Waals surface area contributed by atoms with E-state index in [0.29, 0.717) is 35.2 Å². The lowest BCUT2D eigenvalue weighted by molar-refractivity contribution is -0.0964. The molecule has 4 heterocycles. The predicted molar refractivity (Wildman–Crippen MR) is 272 cm³/mol. The molecular formula is C50H58N7O9PS2. The first-order valence-electron chi connectivity index (χ1n) is 22.7. The standard InChI is InChI=1S/C50H58N7O9PS2/c1-55(2)33-52-49-53-45-42(46(58)54-49)51-34-57(45)47-44(63-29-28-60-3)43(66-67(56-26-12-13-27-56)69-31-30-68-48(59)35-14-8-6-9-15-35)41(65-47)32-64-50(36-16-10-7-11-17-36,37-18-22-39(61-4)23-19-37)38-20-24-40(62-5)25-21-38/h6-11,14-25,33-34,41,43-44,47H,12-13,26-32H2,1-5H3,(H,53,54,58)/b52-33+/t41-,43+,44?,47-,67?/m1/s1. The lowest BCUT2D eigenvalue weighted by Gasteiger charge is -2.38. The topological polar surface area (TPSA) is 164 Å². The van der Waals surface area contributed by atoms with Crippen LogP contribution in [0.25, 0.3) is 11.2 Å². The molecule has 19 heteroatoms. The Morgan fingerprint density at radius 2 is 1.51 bits per heavy atom. The molecule has 5 atom stereocenters.